The number of nitro groups is 1. The molecule has 0 atom stereocenters. The summed E-state index contributed by atoms with van der Waals surface area (Å²) >= 11 is 2.44. The van der Waals surface area contributed by atoms with Gasteiger partial charge >= 0.3 is 0 Å². The lowest BCUT2D eigenvalue weighted by atomic mass is 10.0. The van der Waals surface area contributed by atoms with Gasteiger partial charge in [-0.15, -0.1) is 10.2 Å². The lowest BCUT2D eigenvalue weighted by Gasteiger charge is -2.29. The summed E-state index contributed by atoms with van der Waals surface area (Å²) in [6.45, 7) is 0.697. The molecule has 0 saturated carbocycles. The molecule has 3 aromatic rings. The zero-order chi connectivity index (χ0) is 21.8. The minimum atomic E-state index is -0.528. The van der Waals surface area contributed by atoms with E-state index in [1.807, 2.05) is 29.2 Å². The van der Waals surface area contributed by atoms with Gasteiger partial charge in [-0.05, 0) is 36.6 Å². The monoisotopic (exact) mass is 455 g/mol. The van der Waals surface area contributed by atoms with Crippen LogP contribution in [0.1, 0.15) is 22.3 Å². The Morgan fingerprint density at radius 2 is 1.94 bits per heavy atom. The molecule has 1 aromatic heterocycles. The summed E-state index contributed by atoms with van der Waals surface area (Å²) in [4.78, 5) is 37.0. The standard InChI is InChI=1S/C20H17N5O4S2/c26-17(24-11-3-5-13-4-1-2-6-16(13)24)12-30-20-23-22-19(31-20)21-18(27)14-7-9-15(10-8-14)25(28)29/h1-2,4,6-10H,3,5,11-12H2,(H,21,22,27). The summed E-state index contributed by atoms with van der Waals surface area (Å²) in [6, 6.07) is 13.2. The molecule has 1 aliphatic rings. The second kappa shape index (κ2) is 9.23. The van der Waals surface area contributed by atoms with Crippen LogP contribution in [0, 0.1) is 10.1 Å². The number of thioether (sulfide) groups is 1. The van der Waals surface area contributed by atoms with Crippen molar-refractivity contribution in [3.8, 4) is 0 Å². The highest BCUT2D eigenvalue weighted by Gasteiger charge is 2.22. The fourth-order valence-electron chi connectivity index (χ4n) is 3.22. The van der Waals surface area contributed by atoms with Crippen molar-refractivity contribution in [2.24, 2.45) is 0 Å². The van der Waals surface area contributed by atoms with Crippen molar-refractivity contribution in [3.05, 3.63) is 69.8 Å². The Bertz CT molecular complexity index is 1130. The normalized spacial score (nSPS) is 12.8. The molecule has 1 N–H and O–H groups in total. The summed E-state index contributed by atoms with van der Waals surface area (Å²) in [6.07, 6.45) is 1.91. The van der Waals surface area contributed by atoms with Gasteiger partial charge in [0.1, 0.15) is 0 Å². The summed E-state index contributed by atoms with van der Waals surface area (Å²) in [5.74, 6) is -0.216. The average Bonchev–Trinajstić information content (AvgIpc) is 3.24. The van der Waals surface area contributed by atoms with Gasteiger partial charge in [0, 0.05) is 29.9 Å². The minimum Gasteiger partial charge on any atom is -0.311 e. The van der Waals surface area contributed by atoms with Crippen molar-refractivity contribution < 1.29 is 14.5 Å². The van der Waals surface area contributed by atoms with Gasteiger partial charge in [-0.2, -0.15) is 0 Å². The molecule has 4 rings (SSSR count). The van der Waals surface area contributed by atoms with Crippen molar-refractivity contribution in [1.29, 1.82) is 0 Å². The second-order valence-corrected chi connectivity index (χ2v) is 8.90. The van der Waals surface area contributed by atoms with Crippen LogP contribution in [0.3, 0.4) is 0 Å². The highest BCUT2D eigenvalue weighted by Crippen LogP contribution is 2.30. The number of carbonyl (C=O) groups excluding carboxylic acids is 2. The molecule has 2 heterocycles. The van der Waals surface area contributed by atoms with Gasteiger partial charge < -0.3 is 4.90 Å². The fraction of sp³-hybridized carbons (Fsp3) is 0.200. The first kappa shape index (κ1) is 20.9. The van der Waals surface area contributed by atoms with E-state index in [0.29, 0.717) is 16.0 Å². The molecule has 9 nitrogen and oxygen atoms in total. The third-order valence-electron chi connectivity index (χ3n) is 4.70. The number of para-hydroxylation sites is 1. The molecule has 1 aliphatic heterocycles. The van der Waals surface area contributed by atoms with E-state index in [-0.39, 0.29) is 22.9 Å². The molecular weight excluding hydrogens is 438 g/mol. The Kier molecular flexibility index (Phi) is 6.23. The maximum absolute atomic E-state index is 12.7. The molecule has 0 unspecified atom stereocenters. The van der Waals surface area contributed by atoms with Crippen LogP contribution in [-0.4, -0.2) is 39.2 Å². The number of carbonyl (C=O) groups is 2. The molecule has 0 radical (unpaired) electrons. The Hall–Kier alpha value is -3.31. The molecule has 31 heavy (non-hydrogen) atoms. The molecule has 0 spiro atoms. The SMILES string of the molecule is O=C(Nc1nnc(SCC(=O)N2CCCc3ccccc32)s1)c1ccc([N+](=O)[O-])cc1. The molecule has 2 amide bonds. The fourth-order valence-corrected chi connectivity index (χ4v) is 4.84. The van der Waals surface area contributed by atoms with Crippen molar-refractivity contribution in [2.45, 2.75) is 17.2 Å². The van der Waals surface area contributed by atoms with Gasteiger partial charge in [0.2, 0.25) is 11.0 Å². The molecule has 0 aliphatic carbocycles. The number of rotatable bonds is 6. The predicted octanol–water partition coefficient (Wildman–Crippen LogP) is 3.77. The Balaban J connectivity index is 1.34. The predicted molar refractivity (Wildman–Crippen MR) is 119 cm³/mol. The number of non-ortho nitro benzene ring substituents is 1. The number of hydrogen-bond acceptors (Lipinski definition) is 8. The van der Waals surface area contributed by atoms with Crippen LogP contribution in [0.15, 0.2) is 52.9 Å². The quantitative estimate of drug-likeness (QED) is 0.260. The smallest absolute Gasteiger partial charge is 0.269 e. The lowest BCUT2D eigenvalue weighted by Crippen LogP contribution is -2.36. The Morgan fingerprint density at radius 1 is 1.16 bits per heavy atom. The number of nitrogens with zero attached hydrogens (tertiary/aromatic N) is 4. The van der Waals surface area contributed by atoms with Crippen LogP contribution < -0.4 is 10.2 Å². The molecule has 0 saturated heterocycles. The summed E-state index contributed by atoms with van der Waals surface area (Å²) < 4.78 is 0.567. The van der Waals surface area contributed by atoms with Gasteiger partial charge in [-0.25, -0.2) is 0 Å². The molecule has 0 bridgehead atoms. The van der Waals surface area contributed by atoms with Crippen LogP contribution in [0.5, 0.6) is 0 Å². The number of nitrogens with one attached hydrogen (secondary N) is 1. The van der Waals surface area contributed by atoms with E-state index in [2.05, 4.69) is 15.5 Å². The van der Waals surface area contributed by atoms with Crippen LogP contribution >= 0.6 is 23.1 Å². The molecule has 0 fully saturated rings. The third kappa shape index (κ3) is 4.89. The number of aromatic nitrogens is 2. The first-order valence-corrected chi connectivity index (χ1v) is 11.2. The Morgan fingerprint density at radius 3 is 2.71 bits per heavy atom. The third-order valence-corrected chi connectivity index (χ3v) is 6.65. The van der Waals surface area contributed by atoms with Gasteiger partial charge in [0.05, 0.1) is 10.7 Å². The zero-order valence-electron chi connectivity index (χ0n) is 16.2. The van der Waals surface area contributed by atoms with Crippen molar-refractivity contribution >= 4 is 51.4 Å². The van der Waals surface area contributed by atoms with E-state index in [0.717, 1.165) is 18.5 Å². The second-order valence-electron chi connectivity index (χ2n) is 6.70. The Labute approximate surface area is 185 Å². The van der Waals surface area contributed by atoms with Crippen LogP contribution in [0.25, 0.3) is 0 Å². The van der Waals surface area contributed by atoms with Crippen molar-refractivity contribution in [1.82, 2.24) is 10.2 Å². The van der Waals surface area contributed by atoms with E-state index in [9.17, 15) is 19.7 Å². The maximum Gasteiger partial charge on any atom is 0.269 e. The number of amides is 2. The minimum absolute atomic E-state index is 0.00353. The summed E-state index contributed by atoms with van der Waals surface area (Å²) in [7, 11) is 0. The molecule has 158 valence electrons. The summed E-state index contributed by atoms with van der Waals surface area (Å²) in [5.41, 5.74) is 2.33. The van der Waals surface area contributed by atoms with Gasteiger partial charge in [-0.1, -0.05) is 41.3 Å². The first-order valence-electron chi connectivity index (χ1n) is 9.41. The number of nitro benzene ring substituents is 1. The van der Waals surface area contributed by atoms with Gasteiger partial charge in [0.25, 0.3) is 11.6 Å². The summed E-state index contributed by atoms with van der Waals surface area (Å²) in [5, 5.41) is 21.6. The number of aryl methyl sites for hydroxylation is 1. The van der Waals surface area contributed by atoms with Gasteiger partial charge in [0.15, 0.2) is 4.34 Å². The van der Waals surface area contributed by atoms with Crippen LogP contribution in [0.2, 0.25) is 0 Å². The lowest BCUT2D eigenvalue weighted by molar-refractivity contribution is -0.384. The molecule has 11 heteroatoms. The van der Waals surface area contributed by atoms with E-state index < -0.39 is 10.8 Å². The highest BCUT2D eigenvalue weighted by atomic mass is 32.2. The first-order chi connectivity index (χ1) is 15.0. The van der Waals surface area contributed by atoms with E-state index in [1.54, 1.807) is 0 Å². The number of hydrogen-bond donors (Lipinski definition) is 1. The van der Waals surface area contributed by atoms with Crippen molar-refractivity contribution in [3.63, 3.8) is 0 Å². The maximum atomic E-state index is 12.7. The van der Waals surface area contributed by atoms with Crippen LogP contribution in [0.4, 0.5) is 16.5 Å². The van der Waals surface area contributed by atoms with E-state index in [1.165, 1.54) is 52.9 Å². The largest absolute Gasteiger partial charge is 0.311 e. The highest BCUT2D eigenvalue weighted by molar-refractivity contribution is 8.01. The number of anilines is 2. The number of fused-ring (bicyclic) bond motifs is 1. The number of benzene rings is 2. The van der Waals surface area contributed by atoms with Crippen LogP contribution in [-0.2, 0) is 11.2 Å². The van der Waals surface area contributed by atoms with E-state index in [4.69, 9.17) is 0 Å². The van der Waals surface area contributed by atoms with Gasteiger partial charge in [-0.3, -0.25) is 25.0 Å². The molecular formula is C20H17N5O4S2. The van der Waals surface area contributed by atoms with E-state index >= 15 is 0 Å². The molecule has 2 aromatic carbocycles. The zero-order valence-corrected chi connectivity index (χ0v) is 17.8. The average molecular weight is 456 g/mol. The van der Waals surface area contributed by atoms with Crippen molar-refractivity contribution in [2.75, 3.05) is 22.5 Å². The topological polar surface area (TPSA) is 118 Å².